The number of aromatic nitrogens is 1. The Bertz CT molecular complexity index is 1240. The number of benzene rings is 1. The SMILES string of the molecule is COc1ncc(Cl)cc1S(=O)(=O)NC1C=CN=C(c2ccc(CN3CCN(C4CCC4)CC3)cc2)C1. The second-order valence-corrected chi connectivity index (χ2v) is 11.7. The molecule has 1 aromatic heterocycles. The van der Waals surface area contributed by atoms with Crippen molar-refractivity contribution in [3.05, 3.63) is 65.0 Å². The normalized spacial score (nSPS) is 21.7. The van der Waals surface area contributed by atoms with Crippen molar-refractivity contribution >= 4 is 27.3 Å². The first-order valence-corrected chi connectivity index (χ1v) is 14.3. The highest BCUT2D eigenvalue weighted by atomic mass is 35.5. The van der Waals surface area contributed by atoms with Crippen LogP contribution < -0.4 is 9.46 Å². The number of nitrogens with zero attached hydrogens (tertiary/aromatic N) is 4. The first kappa shape index (κ1) is 25.4. The molecule has 0 bridgehead atoms. The van der Waals surface area contributed by atoms with Gasteiger partial charge in [-0.2, -0.15) is 0 Å². The second kappa shape index (κ2) is 11.0. The van der Waals surface area contributed by atoms with Gasteiger partial charge in [0.05, 0.1) is 12.1 Å². The molecule has 0 amide bonds. The summed E-state index contributed by atoms with van der Waals surface area (Å²) in [6.07, 6.45) is 9.30. The number of rotatable bonds is 8. The summed E-state index contributed by atoms with van der Waals surface area (Å²) < 4.78 is 33.9. The van der Waals surface area contributed by atoms with Crippen LogP contribution in [-0.2, 0) is 16.6 Å². The molecule has 2 aromatic rings. The van der Waals surface area contributed by atoms with Crippen LogP contribution in [-0.4, -0.2) is 74.3 Å². The van der Waals surface area contributed by atoms with Crippen molar-refractivity contribution in [3.8, 4) is 5.88 Å². The van der Waals surface area contributed by atoms with Gasteiger partial charge in [0.25, 0.3) is 0 Å². The Kier molecular flexibility index (Phi) is 7.73. The minimum atomic E-state index is -3.90. The van der Waals surface area contributed by atoms with Crippen LogP contribution in [0.1, 0.15) is 36.8 Å². The van der Waals surface area contributed by atoms with Crippen LogP contribution in [0.5, 0.6) is 5.88 Å². The fraction of sp³-hybridized carbons (Fsp3) is 0.462. The molecule has 5 rings (SSSR count). The van der Waals surface area contributed by atoms with Gasteiger partial charge in [-0.3, -0.25) is 14.8 Å². The third-order valence-electron chi connectivity index (χ3n) is 7.23. The van der Waals surface area contributed by atoms with Crippen molar-refractivity contribution in [1.82, 2.24) is 19.5 Å². The Hall–Kier alpha value is -2.30. The van der Waals surface area contributed by atoms with Crippen LogP contribution in [0.4, 0.5) is 0 Å². The number of halogens is 1. The first-order chi connectivity index (χ1) is 17.4. The predicted molar refractivity (Wildman–Crippen MR) is 141 cm³/mol. The average Bonchev–Trinajstić information content (AvgIpc) is 2.84. The van der Waals surface area contributed by atoms with Crippen molar-refractivity contribution in [2.24, 2.45) is 4.99 Å². The van der Waals surface area contributed by atoms with E-state index >= 15 is 0 Å². The highest BCUT2D eigenvalue weighted by Crippen LogP contribution is 2.27. The molecule has 1 aliphatic carbocycles. The zero-order valence-electron chi connectivity index (χ0n) is 20.4. The third-order valence-corrected chi connectivity index (χ3v) is 8.92. The van der Waals surface area contributed by atoms with Gasteiger partial charge < -0.3 is 4.74 Å². The monoisotopic (exact) mass is 529 g/mol. The molecule has 3 aliphatic rings. The van der Waals surface area contributed by atoms with Crippen LogP contribution in [0.15, 0.2) is 58.7 Å². The van der Waals surface area contributed by atoms with Gasteiger partial charge >= 0.3 is 0 Å². The van der Waals surface area contributed by atoms with Gasteiger partial charge in [0.2, 0.25) is 15.9 Å². The summed E-state index contributed by atoms with van der Waals surface area (Å²) in [7, 11) is -2.52. The standard InChI is InChI=1S/C26H32ClN5O3S/c1-35-26-25(15-21(27)17-29-26)36(33,34)30-22-9-10-28-24(16-22)20-7-5-19(6-8-20)18-31-11-13-32(14-12-31)23-3-2-4-23/h5-10,15,17,22-23,30H,2-4,11-14,16,18H2,1H3. The number of aliphatic imine (C=N–C) groups is 1. The Balaban J connectivity index is 1.18. The van der Waals surface area contributed by atoms with E-state index in [1.165, 1.54) is 57.3 Å². The summed E-state index contributed by atoms with van der Waals surface area (Å²) in [6, 6.07) is 10.2. The van der Waals surface area contributed by atoms with Crippen LogP contribution >= 0.6 is 11.6 Å². The van der Waals surface area contributed by atoms with E-state index in [-0.39, 0.29) is 15.8 Å². The lowest BCUT2D eigenvalue weighted by Crippen LogP contribution is -2.51. The fourth-order valence-corrected chi connectivity index (χ4v) is 6.51. The Morgan fingerprint density at radius 1 is 1.14 bits per heavy atom. The summed E-state index contributed by atoms with van der Waals surface area (Å²) in [4.78, 5) is 13.6. The van der Waals surface area contributed by atoms with E-state index in [0.29, 0.717) is 6.42 Å². The van der Waals surface area contributed by atoms with Crippen molar-refractivity contribution in [1.29, 1.82) is 0 Å². The molecule has 10 heteroatoms. The Labute approximate surface area is 218 Å². The highest BCUT2D eigenvalue weighted by Gasteiger charge is 2.28. The van der Waals surface area contributed by atoms with Crippen LogP contribution in [0.2, 0.25) is 5.02 Å². The molecule has 1 saturated carbocycles. The van der Waals surface area contributed by atoms with E-state index in [0.717, 1.165) is 37.0 Å². The number of nitrogens with one attached hydrogen (secondary N) is 1. The molecule has 0 radical (unpaired) electrons. The largest absolute Gasteiger partial charge is 0.480 e. The quantitative estimate of drug-likeness (QED) is 0.563. The van der Waals surface area contributed by atoms with Crippen molar-refractivity contribution in [2.75, 3.05) is 33.3 Å². The molecular weight excluding hydrogens is 498 g/mol. The van der Waals surface area contributed by atoms with Gasteiger partial charge in [-0.15, -0.1) is 0 Å². The van der Waals surface area contributed by atoms with Gasteiger partial charge in [-0.05, 0) is 36.1 Å². The van der Waals surface area contributed by atoms with Gasteiger partial charge in [-0.25, -0.2) is 18.1 Å². The van der Waals surface area contributed by atoms with E-state index in [1.54, 1.807) is 12.3 Å². The van der Waals surface area contributed by atoms with Gasteiger partial charge in [0, 0.05) is 69.3 Å². The number of piperazine rings is 1. The topological polar surface area (TPSA) is 87.1 Å². The lowest BCUT2D eigenvalue weighted by atomic mass is 9.91. The predicted octanol–water partition coefficient (Wildman–Crippen LogP) is 3.47. The minimum absolute atomic E-state index is 0.000574. The van der Waals surface area contributed by atoms with E-state index in [2.05, 4.69) is 48.8 Å². The second-order valence-electron chi connectivity index (χ2n) is 9.60. The molecule has 1 unspecified atom stereocenters. The molecule has 8 nitrogen and oxygen atoms in total. The summed E-state index contributed by atoms with van der Waals surface area (Å²) in [5.74, 6) is 0.000574. The average molecular weight is 530 g/mol. The Morgan fingerprint density at radius 3 is 2.56 bits per heavy atom. The maximum atomic E-state index is 13.0. The summed E-state index contributed by atoms with van der Waals surface area (Å²) in [5.41, 5.74) is 3.10. The van der Waals surface area contributed by atoms with Crippen LogP contribution in [0.25, 0.3) is 0 Å². The van der Waals surface area contributed by atoms with Crippen molar-refractivity contribution < 1.29 is 13.2 Å². The van der Waals surface area contributed by atoms with Crippen LogP contribution in [0.3, 0.4) is 0 Å². The summed E-state index contributed by atoms with van der Waals surface area (Å²) in [5, 5.41) is 0.220. The van der Waals surface area contributed by atoms with E-state index in [1.807, 2.05) is 0 Å². The first-order valence-electron chi connectivity index (χ1n) is 12.4. The maximum absolute atomic E-state index is 13.0. The molecule has 36 heavy (non-hydrogen) atoms. The number of ether oxygens (including phenoxy) is 1. The lowest BCUT2D eigenvalue weighted by molar-refractivity contribution is 0.0587. The molecule has 2 aliphatic heterocycles. The van der Waals surface area contributed by atoms with Crippen molar-refractivity contribution in [2.45, 2.75) is 49.2 Å². The van der Waals surface area contributed by atoms with Gasteiger partial charge in [-0.1, -0.05) is 42.3 Å². The van der Waals surface area contributed by atoms with E-state index < -0.39 is 16.1 Å². The van der Waals surface area contributed by atoms with Gasteiger partial charge in [0.15, 0.2) is 0 Å². The van der Waals surface area contributed by atoms with E-state index in [9.17, 15) is 8.42 Å². The molecule has 1 N–H and O–H groups in total. The smallest absolute Gasteiger partial charge is 0.246 e. The molecule has 2 fully saturated rings. The molecule has 192 valence electrons. The number of hydrogen-bond donors (Lipinski definition) is 1. The van der Waals surface area contributed by atoms with Crippen LogP contribution in [0, 0.1) is 0 Å². The molecule has 1 saturated heterocycles. The van der Waals surface area contributed by atoms with Gasteiger partial charge in [0.1, 0.15) is 4.90 Å². The number of methoxy groups -OCH3 is 1. The summed E-state index contributed by atoms with van der Waals surface area (Å²) in [6.45, 7) is 5.51. The zero-order valence-corrected chi connectivity index (χ0v) is 22.0. The molecule has 0 spiro atoms. The fourth-order valence-electron chi connectivity index (χ4n) is 4.96. The Morgan fingerprint density at radius 2 is 1.89 bits per heavy atom. The maximum Gasteiger partial charge on any atom is 0.246 e. The van der Waals surface area contributed by atoms with E-state index in [4.69, 9.17) is 16.3 Å². The third kappa shape index (κ3) is 5.81. The molecular formula is C26H32ClN5O3S. The molecule has 1 aromatic carbocycles. The number of pyridine rings is 1. The number of hydrogen-bond acceptors (Lipinski definition) is 7. The molecule has 3 heterocycles. The number of sulfonamides is 1. The lowest BCUT2D eigenvalue weighted by Gasteiger charge is -2.43. The van der Waals surface area contributed by atoms with Crippen molar-refractivity contribution in [3.63, 3.8) is 0 Å². The zero-order chi connectivity index (χ0) is 25.1. The highest BCUT2D eigenvalue weighted by molar-refractivity contribution is 7.89. The summed E-state index contributed by atoms with van der Waals surface area (Å²) >= 11 is 5.98. The minimum Gasteiger partial charge on any atom is -0.480 e. The molecule has 1 atom stereocenters.